The topological polar surface area (TPSA) is 0 Å². The summed E-state index contributed by atoms with van der Waals surface area (Å²) < 4.78 is 0. The summed E-state index contributed by atoms with van der Waals surface area (Å²) in [6, 6.07) is 10.0. The van der Waals surface area contributed by atoms with Crippen LogP contribution in [0.2, 0.25) is 0 Å². The van der Waals surface area contributed by atoms with Crippen molar-refractivity contribution in [1.29, 1.82) is 0 Å². The maximum atomic E-state index is 5.02. The minimum atomic E-state index is -2.24. The molecule has 0 amide bonds. The van der Waals surface area contributed by atoms with Gasteiger partial charge in [-0.1, -0.05) is 43.0 Å². The molecule has 0 fully saturated rings. The van der Waals surface area contributed by atoms with E-state index in [9.17, 15) is 0 Å². The molecular formula is C8H8CeCl3. The number of rotatable bonds is 1. The predicted octanol–water partition coefficient (Wildman–Crippen LogP) is 4.40. The molecule has 0 aliphatic carbocycles. The Hall–Kier alpha value is 1.21. The molecule has 0 radical (unpaired) electrons. The molecule has 65 valence electrons. The van der Waals surface area contributed by atoms with Gasteiger partial charge in [0, 0.05) is 0 Å². The molecule has 4 heteroatoms. The zero-order valence-corrected chi connectivity index (χ0v) is 11.7. The predicted molar refractivity (Wildman–Crippen MR) is 54.1 cm³/mol. The summed E-state index contributed by atoms with van der Waals surface area (Å²) in [4.78, 5) is 0. The van der Waals surface area contributed by atoms with Crippen molar-refractivity contribution in [3.63, 3.8) is 0 Å². The zero-order valence-electron chi connectivity index (χ0n) is 6.31. The van der Waals surface area contributed by atoms with Crippen LogP contribution in [-0.2, 0) is 0 Å². The van der Waals surface area contributed by atoms with Crippen molar-refractivity contribution in [2.75, 3.05) is 0 Å². The maximum absolute atomic E-state index is 5.02. The Morgan fingerprint density at radius 2 is 1.50 bits per heavy atom. The summed E-state index contributed by atoms with van der Waals surface area (Å²) in [6.45, 7) is 3.63. The van der Waals surface area contributed by atoms with E-state index in [1.165, 1.54) is 5.56 Å². The third-order valence-corrected chi connectivity index (χ3v) is 1.04. The van der Waals surface area contributed by atoms with Gasteiger partial charge in [-0.05, 0) is 5.56 Å². The van der Waals surface area contributed by atoms with Gasteiger partial charge in [0.15, 0.2) is 0 Å². The van der Waals surface area contributed by atoms with Crippen molar-refractivity contribution >= 4 is 23.0 Å². The van der Waals surface area contributed by atoms with E-state index < -0.39 is 30.7 Å². The minimum absolute atomic E-state index is 1.17. The van der Waals surface area contributed by atoms with Crippen molar-refractivity contribution in [3.05, 3.63) is 42.5 Å². The van der Waals surface area contributed by atoms with Gasteiger partial charge >= 0.3 is 47.6 Å². The second-order valence-electron chi connectivity index (χ2n) is 1.83. The average Bonchev–Trinajstić information content (AvgIpc) is 2.05. The fourth-order valence-electron chi connectivity index (χ4n) is 0.589. The monoisotopic (exact) mass is 349 g/mol. The van der Waals surface area contributed by atoms with E-state index in [1.54, 1.807) is 0 Å². The summed E-state index contributed by atoms with van der Waals surface area (Å²) in [5.74, 6) is 0. The van der Waals surface area contributed by atoms with E-state index in [-0.39, 0.29) is 0 Å². The second-order valence-corrected chi connectivity index (χ2v) is 15.7. The molecule has 0 heterocycles. The molecule has 1 aromatic rings. The van der Waals surface area contributed by atoms with E-state index in [0.29, 0.717) is 0 Å². The molecule has 0 aromatic heterocycles. The van der Waals surface area contributed by atoms with Crippen molar-refractivity contribution in [1.82, 2.24) is 0 Å². The standard InChI is InChI=1S/C8H8.Ce.3ClH/c1-2-8-6-4-3-5-7-8;;;;/h2-7H,1H2;;3*1H/q;+3;;;/p-3. The van der Waals surface area contributed by atoms with E-state index in [4.69, 9.17) is 16.9 Å². The van der Waals surface area contributed by atoms with Gasteiger partial charge in [0.05, 0.1) is 0 Å². The Labute approximate surface area is 94.4 Å². The third-order valence-electron chi connectivity index (χ3n) is 1.04. The molecule has 1 rings (SSSR count). The fourth-order valence-corrected chi connectivity index (χ4v) is 0.589. The third kappa shape index (κ3) is 9.30. The van der Waals surface area contributed by atoms with Crippen molar-refractivity contribution in [2.45, 2.75) is 0 Å². The first-order valence-corrected chi connectivity index (χ1v) is 15.0. The van der Waals surface area contributed by atoms with Crippen LogP contribution in [-0.4, -0.2) is 0 Å². The van der Waals surface area contributed by atoms with Crippen LogP contribution in [0.4, 0.5) is 0 Å². The van der Waals surface area contributed by atoms with Gasteiger partial charge in [-0.2, -0.15) is 0 Å². The fraction of sp³-hybridized carbons (Fsp3) is 0. The van der Waals surface area contributed by atoms with Crippen molar-refractivity contribution < 1.29 is 30.7 Å². The van der Waals surface area contributed by atoms with Crippen molar-refractivity contribution in [3.8, 4) is 0 Å². The Morgan fingerprint density at radius 1 is 1.08 bits per heavy atom. The first-order chi connectivity index (χ1) is 5.66. The van der Waals surface area contributed by atoms with E-state index >= 15 is 0 Å². The summed E-state index contributed by atoms with van der Waals surface area (Å²) in [6.07, 6.45) is 1.83. The Balaban J connectivity index is 0.000000261. The van der Waals surface area contributed by atoms with Gasteiger partial charge in [0.1, 0.15) is 0 Å². The molecule has 0 aliphatic rings. The molecule has 0 aliphatic heterocycles. The quantitative estimate of drug-likeness (QED) is 0.704. The van der Waals surface area contributed by atoms with Gasteiger partial charge < -0.3 is 0 Å². The van der Waals surface area contributed by atoms with Crippen molar-refractivity contribution in [2.24, 2.45) is 0 Å². The summed E-state index contributed by atoms with van der Waals surface area (Å²) in [7, 11) is 0. The molecule has 0 atom stereocenters. The molecule has 0 saturated heterocycles. The van der Waals surface area contributed by atoms with Gasteiger partial charge in [-0.3, -0.25) is 0 Å². The molecule has 0 unspecified atom stereocenters. The Bertz CT molecular complexity index is 208. The van der Waals surface area contributed by atoms with Gasteiger partial charge in [0.2, 0.25) is 0 Å². The first-order valence-electron chi connectivity index (χ1n) is 3.17. The number of hydrogen-bond donors (Lipinski definition) is 0. The SMILES string of the molecule is C=Cc1ccccc1.[Cl][Ce]([Cl])[Cl]. The number of hydrogen-bond acceptors (Lipinski definition) is 0. The number of halogens is 3. The van der Waals surface area contributed by atoms with Crippen LogP contribution < -0.4 is 0 Å². The normalized spacial score (nSPS) is 7.92. The summed E-state index contributed by atoms with van der Waals surface area (Å²) in [5, 5.41) is 0. The zero-order chi connectivity index (χ0) is 9.40. The van der Waals surface area contributed by atoms with Crippen LogP contribution in [0.3, 0.4) is 0 Å². The van der Waals surface area contributed by atoms with E-state index in [0.717, 1.165) is 0 Å². The molecular weight excluding hydrogens is 343 g/mol. The van der Waals surface area contributed by atoms with Gasteiger partial charge in [-0.15, -0.1) is 0 Å². The van der Waals surface area contributed by atoms with Crippen LogP contribution >= 0.6 is 16.9 Å². The van der Waals surface area contributed by atoms with Crippen LogP contribution in [0.1, 0.15) is 5.56 Å². The molecule has 0 N–H and O–H groups in total. The average molecular weight is 351 g/mol. The summed E-state index contributed by atoms with van der Waals surface area (Å²) in [5.41, 5.74) is 16.2. The molecule has 0 spiro atoms. The van der Waals surface area contributed by atoms with Crippen LogP contribution in [0.5, 0.6) is 0 Å². The molecule has 0 bridgehead atoms. The van der Waals surface area contributed by atoms with Crippen LogP contribution in [0.25, 0.3) is 6.08 Å². The molecule has 0 nitrogen and oxygen atoms in total. The van der Waals surface area contributed by atoms with E-state index in [1.807, 2.05) is 36.4 Å². The summed E-state index contributed by atoms with van der Waals surface area (Å²) >= 11 is -2.24. The molecule has 0 saturated carbocycles. The molecule has 12 heavy (non-hydrogen) atoms. The Morgan fingerprint density at radius 3 is 1.75 bits per heavy atom. The second kappa shape index (κ2) is 8.79. The Kier molecular flexibility index (Phi) is 9.67. The van der Waals surface area contributed by atoms with E-state index in [2.05, 4.69) is 6.58 Å². The van der Waals surface area contributed by atoms with Crippen LogP contribution in [0, 0.1) is 30.7 Å². The molecule has 1 aromatic carbocycles. The number of benzene rings is 1. The van der Waals surface area contributed by atoms with Gasteiger partial charge in [-0.25, -0.2) is 0 Å². The first kappa shape index (κ1) is 13.2. The van der Waals surface area contributed by atoms with Gasteiger partial charge in [0.25, 0.3) is 0 Å². The van der Waals surface area contributed by atoms with Crippen LogP contribution in [0.15, 0.2) is 36.9 Å².